The predicted molar refractivity (Wildman–Crippen MR) is 169 cm³/mol. The van der Waals surface area contributed by atoms with Crippen LogP contribution in [0.2, 0.25) is 10.0 Å². The zero-order valence-electron chi connectivity index (χ0n) is 24.0. The number of benzene rings is 2. The number of piperazine rings is 1. The van der Waals surface area contributed by atoms with E-state index >= 15 is 0 Å². The lowest BCUT2D eigenvalue weighted by Gasteiger charge is -2.35. The van der Waals surface area contributed by atoms with Crippen LogP contribution in [-0.2, 0) is 6.42 Å². The first kappa shape index (κ1) is 30.5. The van der Waals surface area contributed by atoms with Gasteiger partial charge >= 0.3 is 0 Å². The smallest absolute Gasteiger partial charge is 0.139 e. The molecule has 9 heteroatoms. The number of nitrogens with one attached hydrogen (secondary N) is 2. The first-order valence-electron chi connectivity index (χ1n) is 13.6. The zero-order chi connectivity index (χ0) is 28.5. The van der Waals surface area contributed by atoms with Crippen LogP contribution in [0.1, 0.15) is 38.8 Å². The van der Waals surface area contributed by atoms with Crippen molar-refractivity contribution in [2.24, 2.45) is 0 Å². The molecule has 0 amide bonds. The Balaban J connectivity index is 0.00000205. The second-order valence-electron chi connectivity index (χ2n) is 9.19. The third kappa shape index (κ3) is 7.56. The third-order valence-corrected chi connectivity index (χ3v) is 7.75. The van der Waals surface area contributed by atoms with Crippen molar-refractivity contribution >= 4 is 51.9 Å². The number of rotatable bonds is 9. The van der Waals surface area contributed by atoms with E-state index in [4.69, 9.17) is 23.2 Å². The zero-order valence-corrected chi connectivity index (χ0v) is 25.5. The Kier molecular flexibility index (Phi) is 11.3. The molecule has 0 spiro atoms. The van der Waals surface area contributed by atoms with Crippen molar-refractivity contribution in [1.82, 2.24) is 14.9 Å². The van der Waals surface area contributed by atoms with Crippen molar-refractivity contribution in [3.05, 3.63) is 76.3 Å². The van der Waals surface area contributed by atoms with Crippen molar-refractivity contribution in [3.63, 3.8) is 0 Å². The van der Waals surface area contributed by atoms with Gasteiger partial charge in [-0.15, -0.1) is 0 Å². The molecule has 0 unspecified atom stereocenters. The molecule has 1 saturated heterocycles. The van der Waals surface area contributed by atoms with Crippen LogP contribution in [0.15, 0.2) is 55.1 Å². The first-order chi connectivity index (χ1) is 18.8. The monoisotopic (exact) mass is 569 g/mol. The normalized spacial score (nSPS) is 13.4. The molecule has 0 saturated carbocycles. The van der Waals surface area contributed by atoms with Crippen LogP contribution in [0.5, 0.6) is 0 Å². The number of hydrogen-bond donors (Lipinski definition) is 2. The molecule has 3 aromatic rings. The minimum atomic E-state index is 0.581. The van der Waals surface area contributed by atoms with Crippen LogP contribution in [0.4, 0.5) is 28.7 Å². The summed E-state index contributed by atoms with van der Waals surface area (Å²) < 4.78 is 0. The third-order valence-electron chi connectivity index (χ3n) is 6.83. The van der Waals surface area contributed by atoms with Crippen molar-refractivity contribution in [2.75, 3.05) is 60.2 Å². The van der Waals surface area contributed by atoms with E-state index in [1.165, 1.54) is 12.0 Å². The molecular weight excluding hydrogens is 529 g/mol. The molecule has 2 heterocycles. The summed E-state index contributed by atoms with van der Waals surface area (Å²) in [5.74, 6) is 1.96. The number of aryl methyl sites for hydroxylation is 2. The van der Waals surface area contributed by atoms with E-state index in [9.17, 15) is 0 Å². The molecule has 7 nitrogen and oxygen atoms in total. The Morgan fingerprint density at radius 2 is 1.67 bits per heavy atom. The molecular formula is C30H41Cl2N7. The highest BCUT2D eigenvalue weighted by molar-refractivity contribution is 6.40. The molecule has 2 aromatic carbocycles. The molecule has 0 aliphatic carbocycles. The maximum atomic E-state index is 6.62. The first-order valence-corrected chi connectivity index (χ1v) is 14.4. The van der Waals surface area contributed by atoms with Gasteiger partial charge in [0.15, 0.2) is 0 Å². The summed E-state index contributed by atoms with van der Waals surface area (Å²) in [4.78, 5) is 15.6. The molecule has 0 bridgehead atoms. The summed E-state index contributed by atoms with van der Waals surface area (Å²) in [6, 6.07) is 12.4. The van der Waals surface area contributed by atoms with Gasteiger partial charge in [-0.2, -0.15) is 0 Å². The van der Waals surface area contributed by atoms with Crippen LogP contribution in [0.25, 0.3) is 0 Å². The molecule has 1 aromatic heterocycles. The van der Waals surface area contributed by atoms with Crippen molar-refractivity contribution in [2.45, 2.75) is 41.0 Å². The molecule has 0 radical (unpaired) electrons. The lowest BCUT2D eigenvalue weighted by atomic mass is 10.1. The largest absolute Gasteiger partial charge is 0.369 e. The summed E-state index contributed by atoms with van der Waals surface area (Å²) in [6.07, 6.45) is 2.34. The summed E-state index contributed by atoms with van der Waals surface area (Å²) in [5, 5.41) is 7.85. The Bertz CT molecular complexity index is 1240. The number of halogens is 2. The van der Waals surface area contributed by atoms with Gasteiger partial charge in [0.25, 0.3) is 0 Å². The van der Waals surface area contributed by atoms with Gasteiger partial charge in [-0.05, 0) is 55.3 Å². The number of anilines is 5. The highest BCUT2D eigenvalue weighted by Gasteiger charge is 2.17. The van der Waals surface area contributed by atoms with E-state index in [0.29, 0.717) is 33.2 Å². The van der Waals surface area contributed by atoms with Gasteiger partial charge in [0.2, 0.25) is 0 Å². The Morgan fingerprint density at radius 3 is 2.28 bits per heavy atom. The number of hydrogen-bond acceptors (Lipinski definition) is 7. The Hall–Kier alpha value is -3.00. The Morgan fingerprint density at radius 1 is 1.00 bits per heavy atom. The van der Waals surface area contributed by atoms with Gasteiger partial charge in [0, 0.05) is 50.7 Å². The minimum absolute atomic E-state index is 0.581. The summed E-state index contributed by atoms with van der Waals surface area (Å²) >= 11 is 13.2. The van der Waals surface area contributed by atoms with Crippen LogP contribution in [0, 0.1) is 6.92 Å². The van der Waals surface area contributed by atoms with Crippen LogP contribution >= 0.6 is 23.2 Å². The van der Waals surface area contributed by atoms with Gasteiger partial charge in [0.05, 0.1) is 15.7 Å². The van der Waals surface area contributed by atoms with Crippen molar-refractivity contribution in [3.8, 4) is 0 Å². The number of nitrogens with zero attached hydrogens (tertiary/aromatic N) is 5. The quantitative estimate of drug-likeness (QED) is 0.275. The molecule has 1 aliphatic rings. The van der Waals surface area contributed by atoms with Crippen molar-refractivity contribution in [1.29, 1.82) is 0 Å². The molecule has 1 fully saturated rings. The van der Waals surface area contributed by atoms with Gasteiger partial charge in [-0.25, -0.2) is 9.97 Å². The molecule has 1 aliphatic heterocycles. The molecule has 210 valence electrons. The van der Waals surface area contributed by atoms with Gasteiger partial charge in [0.1, 0.15) is 23.8 Å². The summed E-state index contributed by atoms with van der Waals surface area (Å²) in [6.45, 7) is 19.9. The highest BCUT2D eigenvalue weighted by atomic mass is 35.5. The molecule has 4 rings (SSSR count). The topological polar surface area (TPSA) is 59.6 Å². The average Bonchev–Trinajstić information content (AvgIpc) is 2.98. The molecule has 39 heavy (non-hydrogen) atoms. The second kappa shape index (κ2) is 14.4. The van der Waals surface area contributed by atoms with Crippen molar-refractivity contribution < 1.29 is 0 Å². The maximum Gasteiger partial charge on any atom is 0.139 e. The van der Waals surface area contributed by atoms with E-state index in [2.05, 4.69) is 75.1 Å². The minimum Gasteiger partial charge on any atom is -0.369 e. The number of aromatic nitrogens is 2. The van der Waals surface area contributed by atoms with E-state index in [-0.39, 0.29) is 0 Å². The van der Waals surface area contributed by atoms with Crippen LogP contribution < -0.4 is 20.4 Å². The summed E-state index contributed by atoms with van der Waals surface area (Å²) in [5.41, 5.74) is 4.85. The van der Waals surface area contributed by atoms with Crippen LogP contribution in [0.3, 0.4) is 0 Å². The lowest BCUT2D eigenvalue weighted by Crippen LogP contribution is -2.46. The van der Waals surface area contributed by atoms with Gasteiger partial charge < -0.3 is 25.3 Å². The number of likely N-dealkylation sites (N-methyl/N-ethyl adjacent to an activating group) is 1. The molecule has 2 N–H and O–H groups in total. The molecule has 0 atom stereocenters. The standard InChI is InChI=1S/C28H35Cl2N7.C2H6/c1-6-21-16-19(3)26(29)28(27(21)30)33-20(4)35(5)25-17-24(31-18-32-25)34-22-8-10-23(11-9-22)37-14-12-36(7-2)13-15-37;1-2/h8-11,16-18,33H,4,6-7,12-15H2,1-3,5H3,(H,31,32,34);1-2H3. The fourth-order valence-electron chi connectivity index (χ4n) is 4.40. The van der Waals surface area contributed by atoms with Gasteiger partial charge in [-0.3, -0.25) is 0 Å². The fraction of sp³-hybridized carbons (Fsp3) is 0.400. The fourth-order valence-corrected chi connectivity index (χ4v) is 4.97. The lowest BCUT2D eigenvalue weighted by molar-refractivity contribution is 0.271. The van der Waals surface area contributed by atoms with Crippen LogP contribution in [-0.4, -0.2) is 54.6 Å². The highest BCUT2D eigenvalue weighted by Crippen LogP contribution is 2.37. The van der Waals surface area contributed by atoms with E-state index in [1.807, 2.05) is 44.9 Å². The average molecular weight is 571 g/mol. The second-order valence-corrected chi connectivity index (χ2v) is 9.95. The SMILES string of the molecule is C=C(Nc1c(Cl)c(C)cc(CC)c1Cl)N(C)c1cc(Nc2ccc(N3CCN(CC)CC3)cc2)ncn1.CC. The van der Waals surface area contributed by atoms with E-state index < -0.39 is 0 Å². The van der Waals surface area contributed by atoms with Gasteiger partial charge in [-0.1, -0.05) is 63.5 Å². The van der Waals surface area contributed by atoms with E-state index in [1.54, 1.807) is 0 Å². The van der Waals surface area contributed by atoms with E-state index in [0.717, 1.165) is 56.0 Å². The maximum absolute atomic E-state index is 6.62. The Labute approximate surface area is 243 Å². The predicted octanol–water partition coefficient (Wildman–Crippen LogP) is 7.59. The summed E-state index contributed by atoms with van der Waals surface area (Å²) in [7, 11) is 1.88.